The topological polar surface area (TPSA) is 93.3 Å². The van der Waals surface area contributed by atoms with Crippen molar-refractivity contribution in [3.05, 3.63) is 54.4 Å². The lowest BCUT2D eigenvalue weighted by molar-refractivity contribution is -0.0663. The minimum Gasteiger partial charge on any atom is -0.425 e. The third-order valence-corrected chi connectivity index (χ3v) is 5.87. The maximum absolute atomic E-state index is 14.5. The van der Waals surface area contributed by atoms with Crippen LogP contribution in [0.2, 0.25) is 0 Å². The van der Waals surface area contributed by atoms with Crippen LogP contribution in [0.1, 0.15) is 0 Å². The third-order valence-electron chi connectivity index (χ3n) is 4.48. The van der Waals surface area contributed by atoms with Gasteiger partial charge < -0.3 is 14.5 Å². The zero-order chi connectivity index (χ0) is 20.3. The first kappa shape index (κ1) is 17.6. The first-order chi connectivity index (χ1) is 13.8. The number of fused-ring (bicyclic) bond motifs is 4. The molecule has 0 radical (unpaired) electrons. The van der Waals surface area contributed by atoms with Gasteiger partial charge in [0.25, 0.3) is 10.0 Å². The molecule has 1 atom stereocenters. The SMILES string of the molecule is O=S(=O)(Nc1c(F)cc2c(c1F)OC(F)O2)c1c[nH]c2c1ccc1cccnc12. The van der Waals surface area contributed by atoms with E-state index in [-0.39, 0.29) is 10.3 Å². The average molecular weight is 421 g/mol. The standard InChI is InChI=1S/C18H10F3N3O4S/c19-10-6-11-17(28-18(21)27-11)13(20)16(10)24-29(25,26)12-7-23-15-9(12)4-3-8-2-1-5-22-14(8)15/h1-7,18,23-24H. The van der Waals surface area contributed by atoms with Crippen LogP contribution in [-0.2, 0) is 10.0 Å². The minimum atomic E-state index is -4.42. The smallest absolute Gasteiger partial charge is 0.397 e. The molecule has 0 amide bonds. The third kappa shape index (κ3) is 2.65. The number of ether oxygens (including phenoxy) is 2. The zero-order valence-electron chi connectivity index (χ0n) is 14.2. The van der Waals surface area contributed by atoms with Crippen LogP contribution in [0.25, 0.3) is 21.8 Å². The maximum atomic E-state index is 14.5. The first-order valence-electron chi connectivity index (χ1n) is 8.22. The highest BCUT2D eigenvalue weighted by molar-refractivity contribution is 7.93. The molecule has 1 aliphatic heterocycles. The molecule has 0 fully saturated rings. The van der Waals surface area contributed by atoms with Gasteiger partial charge in [-0.25, -0.2) is 17.2 Å². The summed E-state index contributed by atoms with van der Waals surface area (Å²) in [5, 5.41) is 1.07. The predicted octanol–water partition coefficient (Wildman–Crippen LogP) is 3.82. The molecule has 0 saturated carbocycles. The van der Waals surface area contributed by atoms with Gasteiger partial charge in [0.15, 0.2) is 17.4 Å². The van der Waals surface area contributed by atoms with Crippen molar-refractivity contribution in [3.63, 3.8) is 0 Å². The summed E-state index contributed by atoms with van der Waals surface area (Å²) >= 11 is 0. The molecule has 1 unspecified atom stereocenters. The van der Waals surface area contributed by atoms with Gasteiger partial charge in [-0.15, -0.1) is 0 Å². The highest BCUT2D eigenvalue weighted by atomic mass is 32.2. The molecule has 2 N–H and O–H groups in total. The quantitative estimate of drug-likeness (QED) is 0.525. The Balaban J connectivity index is 1.61. The summed E-state index contributed by atoms with van der Waals surface area (Å²) in [4.78, 5) is 6.83. The number of nitrogens with one attached hydrogen (secondary N) is 2. The number of nitrogens with zero attached hydrogens (tertiary/aromatic N) is 1. The van der Waals surface area contributed by atoms with Crippen molar-refractivity contribution in [1.82, 2.24) is 9.97 Å². The Hall–Kier alpha value is -3.47. The Kier molecular flexibility index (Phi) is 3.65. The van der Waals surface area contributed by atoms with Gasteiger partial charge in [-0.1, -0.05) is 18.2 Å². The van der Waals surface area contributed by atoms with E-state index in [2.05, 4.69) is 19.4 Å². The number of hydrogen-bond acceptors (Lipinski definition) is 5. The lowest BCUT2D eigenvalue weighted by Crippen LogP contribution is -2.15. The first-order valence-corrected chi connectivity index (χ1v) is 9.70. The van der Waals surface area contributed by atoms with Gasteiger partial charge in [-0.3, -0.25) is 9.71 Å². The normalized spacial score (nSPS) is 15.9. The number of rotatable bonds is 3. The van der Waals surface area contributed by atoms with Gasteiger partial charge in [-0.05, 0) is 6.07 Å². The van der Waals surface area contributed by atoms with Gasteiger partial charge in [0, 0.05) is 29.2 Å². The Labute approximate surface area is 161 Å². The lowest BCUT2D eigenvalue weighted by atomic mass is 10.1. The second kappa shape index (κ2) is 6.01. The van der Waals surface area contributed by atoms with Crippen LogP contribution in [-0.4, -0.2) is 24.9 Å². The molecule has 4 aromatic rings. The lowest BCUT2D eigenvalue weighted by Gasteiger charge is -2.10. The minimum absolute atomic E-state index is 0.236. The van der Waals surface area contributed by atoms with Gasteiger partial charge in [-0.2, -0.15) is 4.39 Å². The second-order valence-corrected chi connectivity index (χ2v) is 7.86. The van der Waals surface area contributed by atoms with Crippen molar-refractivity contribution < 1.29 is 31.1 Å². The van der Waals surface area contributed by atoms with E-state index >= 15 is 0 Å². The zero-order valence-corrected chi connectivity index (χ0v) is 15.1. The highest BCUT2D eigenvalue weighted by Gasteiger charge is 2.33. The molecule has 0 aliphatic carbocycles. The van der Waals surface area contributed by atoms with E-state index in [4.69, 9.17) is 0 Å². The molecular weight excluding hydrogens is 411 g/mol. The number of aromatic amines is 1. The van der Waals surface area contributed by atoms with E-state index in [1.807, 2.05) is 10.8 Å². The van der Waals surface area contributed by atoms with Crippen molar-refractivity contribution in [1.29, 1.82) is 0 Å². The van der Waals surface area contributed by atoms with Crippen LogP contribution in [0.3, 0.4) is 0 Å². The van der Waals surface area contributed by atoms with Crippen molar-refractivity contribution in [2.24, 2.45) is 0 Å². The number of aromatic nitrogens is 2. The fraction of sp³-hybridized carbons (Fsp3) is 0.0556. The number of sulfonamides is 1. The molecule has 3 heterocycles. The van der Waals surface area contributed by atoms with Gasteiger partial charge in [0.2, 0.25) is 5.75 Å². The summed E-state index contributed by atoms with van der Waals surface area (Å²) in [6.45, 7) is -2.31. The van der Waals surface area contributed by atoms with Crippen LogP contribution in [0.15, 0.2) is 47.6 Å². The van der Waals surface area contributed by atoms with Crippen molar-refractivity contribution >= 4 is 37.5 Å². The van der Waals surface area contributed by atoms with E-state index in [9.17, 15) is 21.6 Å². The van der Waals surface area contributed by atoms with E-state index in [0.29, 0.717) is 17.1 Å². The Morgan fingerprint density at radius 3 is 2.83 bits per heavy atom. The Morgan fingerprint density at radius 2 is 2.00 bits per heavy atom. The summed E-state index contributed by atoms with van der Waals surface area (Å²) in [6.07, 6.45) is 2.76. The fourth-order valence-electron chi connectivity index (χ4n) is 3.21. The summed E-state index contributed by atoms with van der Waals surface area (Å²) in [5.74, 6) is -3.92. The van der Waals surface area contributed by atoms with Crippen LogP contribution in [0.4, 0.5) is 18.9 Å². The second-order valence-electron chi connectivity index (χ2n) is 6.21. The summed E-state index contributed by atoms with van der Waals surface area (Å²) in [5.41, 5.74) is -0.00836. The van der Waals surface area contributed by atoms with Crippen LogP contribution in [0, 0.1) is 11.6 Å². The fourth-order valence-corrected chi connectivity index (χ4v) is 4.45. The maximum Gasteiger partial charge on any atom is 0.397 e. The van der Waals surface area contributed by atoms with E-state index in [1.165, 1.54) is 6.20 Å². The predicted molar refractivity (Wildman–Crippen MR) is 96.9 cm³/mol. The molecule has 148 valence electrons. The number of halogens is 3. The van der Waals surface area contributed by atoms with E-state index in [1.54, 1.807) is 24.4 Å². The molecular formula is C18H10F3N3O4S. The number of anilines is 1. The van der Waals surface area contributed by atoms with Crippen LogP contribution >= 0.6 is 0 Å². The molecule has 7 nitrogen and oxygen atoms in total. The number of benzene rings is 2. The average Bonchev–Trinajstić information content (AvgIpc) is 3.29. The Bertz CT molecular complexity index is 1400. The molecule has 5 rings (SSSR count). The molecule has 11 heteroatoms. The summed E-state index contributed by atoms with van der Waals surface area (Å²) < 4.78 is 78.5. The number of hydrogen-bond donors (Lipinski definition) is 2. The highest BCUT2D eigenvalue weighted by Crippen LogP contribution is 2.43. The monoisotopic (exact) mass is 421 g/mol. The number of pyridine rings is 1. The van der Waals surface area contributed by atoms with Crippen LogP contribution in [0.5, 0.6) is 11.5 Å². The van der Waals surface area contributed by atoms with E-state index < -0.39 is 45.4 Å². The van der Waals surface area contributed by atoms with Crippen molar-refractivity contribution in [2.75, 3.05) is 4.72 Å². The van der Waals surface area contributed by atoms with E-state index in [0.717, 1.165) is 5.39 Å². The number of alkyl halides is 1. The molecule has 2 aromatic heterocycles. The number of H-pyrrole nitrogens is 1. The Morgan fingerprint density at radius 1 is 1.17 bits per heavy atom. The molecule has 29 heavy (non-hydrogen) atoms. The van der Waals surface area contributed by atoms with Crippen molar-refractivity contribution in [2.45, 2.75) is 11.4 Å². The molecule has 0 bridgehead atoms. The van der Waals surface area contributed by atoms with Gasteiger partial charge in [0.05, 0.1) is 11.0 Å². The van der Waals surface area contributed by atoms with Gasteiger partial charge in [0.1, 0.15) is 10.6 Å². The summed E-state index contributed by atoms with van der Waals surface area (Å²) in [7, 11) is -4.42. The summed E-state index contributed by atoms with van der Waals surface area (Å²) in [6, 6.07) is 7.43. The van der Waals surface area contributed by atoms with Crippen molar-refractivity contribution in [3.8, 4) is 11.5 Å². The van der Waals surface area contributed by atoms with Gasteiger partial charge >= 0.3 is 6.54 Å². The molecule has 0 saturated heterocycles. The molecule has 2 aromatic carbocycles. The molecule has 0 spiro atoms. The largest absolute Gasteiger partial charge is 0.425 e. The van der Waals surface area contributed by atoms with Crippen LogP contribution < -0.4 is 14.2 Å². The molecule has 1 aliphatic rings.